The Morgan fingerprint density at radius 2 is 0.650 bits per heavy atom. The summed E-state index contributed by atoms with van der Waals surface area (Å²) in [4.78, 5) is 5.42. The monoisotopic (exact) mass is 769 g/mol. The van der Waals surface area contributed by atoms with E-state index in [1.54, 1.807) is 0 Å². The molecule has 3 heterocycles. The van der Waals surface area contributed by atoms with E-state index in [2.05, 4.69) is 247 Å². The van der Waals surface area contributed by atoms with Crippen molar-refractivity contribution in [2.45, 2.75) is 12.1 Å². The van der Waals surface area contributed by atoms with Crippen LogP contribution in [0.1, 0.15) is 45.5 Å². The van der Waals surface area contributed by atoms with Gasteiger partial charge >= 0.3 is 0 Å². The van der Waals surface area contributed by atoms with Crippen LogP contribution >= 0.6 is 0 Å². The number of hydrogen-bond acceptors (Lipinski definition) is 3. The lowest BCUT2D eigenvalue weighted by atomic mass is 9.90. The molecule has 3 heteroatoms. The van der Waals surface area contributed by atoms with Crippen molar-refractivity contribution in [1.29, 1.82) is 0 Å². The van der Waals surface area contributed by atoms with Gasteiger partial charge in [-0.3, -0.25) is 0 Å². The lowest BCUT2D eigenvalue weighted by molar-refractivity contribution is 0.764. The van der Waals surface area contributed by atoms with Crippen molar-refractivity contribution in [2.24, 2.45) is 0 Å². The number of allylic oxidation sites excluding steroid dienone is 4. The Kier molecular flexibility index (Phi) is 10.1. The van der Waals surface area contributed by atoms with Gasteiger partial charge in [0.05, 0.1) is 23.5 Å². The number of hydrogen-bond donors (Lipinski definition) is 2. The first-order valence-corrected chi connectivity index (χ1v) is 20.6. The number of nitrogens with one attached hydrogen (secondary N) is 2. The molecule has 0 saturated carbocycles. The van der Waals surface area contributed by atoms with Crippen LogP contribution in [0.5, 0.6) is 0 Å². The van der Waals surface area contributed by atoms with E-state index >= 15 is 0 Å². The van der Waals surface area contributed by atoms with Crippen LogP contribution in [0.4, 0.5) is 0 Å². The van der Waals surface area contributed by atoms with Crippen LogP contribution in [-0.2, 0) is 0 Å². The average Bonchev–Trinajstić information content (AvgIpc) is 3.35. The summed E-state index contributed by atoms with van der Waals surface area (Å²) in [6.45, 7) is 0. The number of nitrogens with zero attached hydrogens (tertiary/aromatic N) is 1. The first-order chi connectivity index (χ1) is 29.7. The van der Waals surface area contributed by atoms with Crippen LogP contribution in [0, 0.1) is 0 Å². The van der Waals surface area contributed by atoms with Gasteiger partial charge in [0, 0.05) is 22.5 Å². The third-order valence-corrected chi connectivity index (χ3v) is 11.3. The number of pyridine rings is 1. The van der Waals surface area contributed by atoms with Gasteiger partial charge in [0.15, 0.2) is 0 Å². The van der Waals surface area contributed by atoms with Crippen molar-refractivity contribution < 1.29 is 0 Å². The first-order valence-electron chi connectivity index (χ1n) is 20.6. The second-order valence-electron chi connectivity index (χ2n) is 15.3. The molecule has 0 radical (unpaired) electrons. The highest BCUT2D eigenvalue weighted by atomic mass is 14.9. The molecule has 2 unspecified atom stereocenters. The summed E-state index contributed by atoms with van der Waals surface area (Å²) in [5.41, 5.74) is 17.6. The molecule has 7 aromatic carbocycles. The maximum atomic E-state index is 5.42. The Morgan fingerprint density at radius 1 is 0.300 bits per heavy atom. The van der Waals surface area contributed by atoms with Gasteiger partial charge in [-0.2, -0.15) is 0 Å². The molecule has 286 valence electrons. The molecule has 10 rings (SSSR count). The summed E-state index contributed by atoms with van der Waals surface area (Å²) in [5, 5.41) is 7.90. The van der Waals surface area contributed by atoms with Crippen molar-refractivity contribution >= 4 is 22.5 Å². The molecule has 2 aliphatic rings. The fourth-order valence-electron chi connectivity index (χ4n) is 8.22. The number of dihydropyridines is 2. The minimum Gasteiger partial charge on any atom is -0.374 e. The highest BCUT2D eigenvalue weighted by molar-refractivity contribution is 5.91. The zero-order valence-corrected chi connectivity index (χ0v) is 33.1. The lowest BCUT2D eigenvalue weighted by Gasteiger charge is -2.28. The Balaban J connectivity index is 1.18. The molecule has 8 aromatic rings. The molecular formula is C57H43N3. The number of benzene rings is 7. The zero-order valence-electron chi connectivity index (χ0n) is 33.1. The van der Waals surface area contributed by atoms with Crippen LogP contribution in [0.3, 0.4) is 0 Å². The van der Waals surface area contributed by atoms with Gasteiger partial charge < -0.3 is 10.6 Å². The fraction of sp³-hybridized carbons (Fsp3) is 0.0351. The van der Waals surface area contributed by atoms with Crippen molar-refractivity contribution in [3.8, 4) is 33.6 Å². The molecule has 0 spiro atoms. The smallest absolute Gasteiger partial charge is 0.0716 e. The van der Waals surface area contributed by atoms with E-state index in [-0.39, 0.29) is 12.1 Å². The Labute approximate surface area is 352 Å². The van der Waals surface area contributed by atoms with Crippen LogP contribution in [0.25, 0.3) is 56.2 Å². The van der Waals surface area contributed by atoms with Crippen molar-refractivity contribution in [3.05, 3.63) is 270 Å². The normalized spacial score (nSPS) is 16.0. The standard InChI is InChI=1S/C57H43N3/c1-7-19-40(20-8-1)46-34-52(43-25-13-4-14-26-43)58-55(37-46)49-31-50(56-38-47(41-21-9-2-10-22-41)35-53(59-56)44-27-15-5-16-28-44)33-51(32-49)57-39-48(42-23-11-3-12-24-42)36-54(60-57)45-29-17-6-18-30-45/h1-39,52-53,58-59H. The second-order valence-corrected chi connectivity index (χ2v) is 15.3. The molecule has 2 N–H and O–H groups in total. The molecule has 2 atom stereocenters. The minimum atomic E-state index is -0.0279. The molecular weight excluding hydrogens is 727 g/mol. The zero-order chi connectivity index (χ0) is 40.1. The number of rotatable bonds is 9. The van der Waals surface area contributed by atoms with E-state index in [1.165, 1.54) is 33.4 Å². The third-order valence-electron chi connectivity index (χ3n) is 11.3. The Bertz CT molecular complexity index is 2690. The van der Waals surface area contributed by atoms with Crippen LogP contribution in [0.2, 0.25) is 0 Å². The molecule has 1 aromatic heterocycles. The van der Waals surface area contributed by atoms with Gasteiger partial charge in [-0.15, -0.1) is 0 Å². The Morgan fingerprint density at radius 3 is 1.08 bits per heavy atom. The first kappa shape index (κ1) is 36.6. The molecule has 0 bridgehead atoms. The van der Waals surface area contributed by atoms with E-state index in [0.717, 1.165) is 56.2 Å². The summed E-state index contributed by atoms with van der Waals surface area (Å²) >= 11 is 0. The Hall–Kier alpha value is -7.75. The van der Waals surface area contributed by atoms with Crippen LogP contribution < -0.4 is 10.6 Å². The fourth-order valence-corrected chi connectivity index (χ4v) is 8.22. The predicted octanol–water partition coefficient (Wildman–Crippen LogP) is 13.6. The third kappa shape index (κ3) is 7.90. The van der Waals surface area contributed by atoms with Gasteiger partial charge in [0.2, 0.25) is 0 Å². The summed E-state index contributed by atoms with van der Waals surface area (Å²) < 4.78 is 0. The average molecular weight is 770 g/mol. The lowest BCUT2D eigenvalue weighted by Crippen LogP contribution is -2.23. The summed E-state index contributed by atoms with van der Waals surface area (Å²) in [7, 11) is 0. The number of aromatic nitrogens is 1. The quantitative estimate of drug-likeness (QED) is 0.154. The molecule has 0 amide bonds. The summed E-state index contributed by atoms with van der Waals surface area (Å²) in [6.07, 6.45) is 9.27. The minimum absolute atomic E-state index is 0.0279. The maximum absolute atomic E-state index is 5.42. The van der Waals surface area contributed by atoms with E-state index in [4.69, 9.17) is 4.98 Å². The molecule has 2 aliphatic heterocycles. The highest BCUT2D eigenvalue weighted by Gasteiger charge is 2.23. The molecule has 0 aliphatic carbocycles. The van der Waals surface area contributed by atoms with Gasteiger partial charge in [0.1, 0.15) is 0 Å². The topological polar surface area (TPSA) is 37.0 Å². The van der Waals surface area contributed by atoms with Gasteiger partial charge in [-0.05, 0) is 110 Å². The second kappa shape index (κ2) is 16.6. The van der Waals surface area contributed by atoms with Crippen molar-refractivity contribution in [1.82, 2.24) is 15.6 Å². The largest absolute Gasteiger partial charge is 0.374 e. The maximum Gasteiger partial charge on any atom is 0.0716 e. The molecule has 60 heavy (non-hydrogen) atoms. The molecule has 0 saturated heterocycles. The SMILES string of the molecule is C1=C(c2ccccc2)C=C(c2cc(C3=CC(c4ccccc4)=CC(c4ccccc4)N3)cc(-c3cc(-c4ccccc4)cc(-c4ccccc4)n3)c2)NC1c1ccccc1. The van der Waals surface area contributed by atoms with E-state index in [1.807, 2.05) is 0 Å². The van der Waals surface area contributed by atoms with E-state index < -0.39 is 0 Å². The van der Waals surface area contributed by atoms with E-state index in [9.17, 15) is 0 Å². The van der Waals surface area contributed by atoms with Crippen LogP contribution in [0.15, 0.2) is 237 Å². The van der Waals surface area contributed by atoms with Gasteiger partial charge in [-0.25, -0.2) is 4.98 Å². The molecule has 0 fully saturated rings. The highest BCUT2D eigenvalue weighted by Crippen LogP contribution is 2.38. The van der Waals surface area contributed by atoms with Gasteiger partial charge in [0.25, 0.3) is 0 Å². The van der Waals surface area contributed by atoms with Gasteiger partial charge in [-0.1, -0.05) is 182 Å². The van der Waals surface area contributed by atoms with Crippen LogP contribution in [-0.4, -0.2) is 4.98 Å². The predicted molar refractivity (Wildman–Crippen MR) is 250 cm³/mol. The summed E-state index contributed by atoms with van der Waals surface area (Å²) in [6, 6.07) is 75.2. The van der Waals surface area contributed by atoms with E-state index in [0.29, 0.717) is 0 Å². The van der Waals surface area contributed by atoms with Crippen molar-refractivity contribution in [3.63, 3.8) is 0 Å². The molecule has 3 nitrogen and oxygen atoms in total. The summed E-state index contributed by atoms with van der Waals surface area (Å²) in [5.74, 6) is 0. The van der Waals surface area contributed by atoms with Crippen molar-refractivity contribution in [2.75, 3.05) is 0 Å².